The highest BCUT2D eigenvalue weighted by Crippen LogP contribution is 2.26. The first-order chi connectivity index (χ1) is 22.5. The first kappa shape index (κ1) is 39.7. The third kappa shape index (κ3) is 14.1. The van der Waals surface area contributed by atoms with Crippen molar-refractivity contribution in [2.45, 2.75) is 106 Å². The number of carbonyl (C=O) groups is 3. The number of rotatable bonds is 18. The van der Waals surface area contributed by atoms with E-state index in [9.17, 15) is 14.4 Å². The van der Waals surface area contributed by atoms with E-state index in [2.05, 4.69) is 0 Å². The standard InChI is InChI=1S/C35H46O13/c1-23(21-39-47-34(7,8)29-17-13-11-14-18-29)31(36)43-25(3)41-27(5)45-33(38)46-28(6)42-26(4)44-32(37)24(2)22-40-48-35(9,10)30-19-15-12-16-20-30/h11-22,25-28H,1-10H3/b23-21+,24-22+. The van der Waals surface area contributed by atoms with Gasteiger partial charge in [0.2, 0.25) is 25.2 Å². The molecule has 0 aliphatic carbocycles. The highest BCUT2D eigenvalue weighted by molar-refractivity contribution is 5.87. The molecule has 13 nitrogen and oxygen atoms in total. The van der Waals surface area contributed by atoms with Gasteiger partial charge in [0.1, 0.15) is 23.7 Å². The van der Waals surface area contributed by atoms with Gasteiger partial charge in [-0.3, -0.25) is 0 Å². The Labute approximate surface area is 281 Å². The number of benzene rings is 2. The fraction of sp³-hybridized carbons (Fsp3) is 0.457. The summed E-state index contributed by atoms with van der Waals surface area (Å²) in [6.45, 7) is 15.9. The topological polar surface area (TPSA) is 144 Å². The fourth-order valence-electron chi connectivity index (χ4n) is 3.74. The molecule has 0 saturated carbocycles. The highest BCUT2D eigenvalue weighted by atomic mass is 17.2. The van der Waals surface area contributed by atoms with Crippen molar-refractivity contribution in [1.29, 1.82) is 0 Å². The molecule has 0 spiro atoms. The van der Waals surface area contributed by atoms with Gasteiger partial charge in [-0.05, 0) is 80.4 Å². The lowest BCUT2D eigenvalue weighted by Gasteiger charge is -2.23. The van der Waals surface area contributed by atoms with Gasteiger partial charge in [0.25, 0.3) is 0 Å². The minimum absolute atomic E-state index is 0.0987. The number of carbonyl (C=O) groups excluding carboxylic acids is 3. The molecule has 0 N–H and O–H groups in total. The zero-order chi connectivity index (χ0) is 35.9. The molecule has 4 unspecified atom stereocenters. The maximum atomic E-state index is 12.4. The normalized spacial score (nSPS) is 15.0. The molecule has 4 atom stereocenters. The largest absolute Gasteiger partial charge is 0.512 e. The first-order valence-electron chi connectivity index (χ1n) is 15.2. The van der Waals surface area contributed by atoms with Crippen molar-refractivity contribution in [2.24, 2.45) is 0 Å². The molecule has 264 valence electrons. The molecule has 0 aliphatic rings. The lowest BCUT2D eigenvalue weighted by Crippen LogP contribution is -2.30. The van der Waals surface area contributed by atoms with Crippen LogP contribution in [0.3, 0.4) is 0 Å². The molecular formula is C35H46O13. The first-order valence-corrected chi connectivity index (χ1v) is 15.2. The molecule has 0 fully saturated rings. The molecular weight excluding hydrogens is 628 g/mol. The minimum atomic E-state index is -1.17. The second-order valence-corrected chi connectivity index (χ2v) is 11.6. The molecule has 2 aromatic carbocycles. The van der Waals surface area contributed by atoms with Gasteiger partial charge in [0.15, 0.2) is 0 Å². The quantitative estimate of drug-likeness (QED) is 0.0299. The second kappa shape index (κ2) is 18.8. The van der Waals surface area contributed by atoms with Crippen molar-refractivity contribution in [3.63, 3.8) is 0 Å². The number of hydrogen-bond donors (Lipinski definition) is 0. The van der Waals surface area contributed by atoms with Crippen molar-refractivity contribution >= 4 is 18.1 Å². The molecule has 0 saturated heterocycles. The van der Waals surface area contributed by atoms with E-state index in [1.807, 2.05) is 88.4 Å². The Morgan fingerprint density at radius 2 is 0.854 bits per heavy atom. The van der Waals surface area contributed by atoms with Crippen LogP contribution in [0.15, 0.2) is 84.3 Å². The molecule has 48 heavy (non-hydrogen) atoms. The van der Waals surface area contributed by atoms with Crippen LogP contribution >= 0.6 is 0 Å². The molecule has 13 heteroatoms. The Kier molecular flexibility index (Phi) is 15.6. The van der Waals surface area contributed by atoms with E-state index >= 15 is 0 Å². The second-order valence-electron chi connectivity index (χ2n) is 11.6. The van der Waals surface area contributed by atoms with Gasteiger partial charge in [-0.1, -0.05) is 60.7 Å². The van der Waals surface area contributed by atoms with Gasteiger partial charge >= 0.3 is 18.1 Å². The zero-order valence-electron chi connectivity index (χ0n) is 29.0. The van der Waals surface area contributed by atoms with E-state index in [4.69, 9.17) is 48.0 Å². The number of hydrogen-bond acceptors (Lipinski definition) is 13. The van der Waals surface area contributed by atoms with Crippen molar-refractivity contribution in [1.82, 2.24) is 0 Å². The van der Waals surface area contributed by atoms with Crippen LogP contribution in [-0.4, -0.2) is 43.3 Å². The molecule has 0 radical (unpaired) electrons. The number of esters is 2. The third-order valence-electron chi connectivity index (χ3n) is 6.38. The Morgan fingerprint density at radius 3 is 1.19 bits per heavy atom. The van der Waals surface area contributed by atoms with Crippen LogP contribution in [0.2, 0.25) is 0 Å². The molecule has 0 bridgehead atoms. The van der Waals surface area contributed by atoms with Crippen molar-refractivity contribution in [3.05, 3.63) is 95.5 Å². The van der Waals surface area contributed by atoms with Crippen molar-refractivity contribution < 1.29 is 62.4 Å². The van der Waals surface area contributed by atoms with E-state index in [-0.39, 0.29) is 11.1 Å². The Balaban J connectivity index is 1.69. The van der Waals surface area contributed by atoms with Gasteiger partial charge in [-0.2, -0.15) is 9.78 Å². The Morgan fingerprint density at radius 1 is 0.542 bits per heavy atom. The summed E-state index contributed by atoms with van der Waals surface area (Å²) in [5.74, 6) is -1.49. The number of ether oxygens (including phenoxy) is 6. The molecule has 0 aromatic heterocycles. The summed E-state index contributed by atoms with van der Waals surface area (Å²) in [7, 11) is 0. The smallest absolute Gasteiger partial charge is 0.432 e. The third-order valence-corrected chi connectivity index (χ3v) is 6.38. The van der Waals surface area contributed by atoms with E-state index < -0.39 is 54.5 Å². The zero-order valence-corrected chi connectivity index (χ0v) is 29.0. The maximum absolute atomic E-state index is 12.4. The van der Waals surface area contributed by atoms with Crippen LogP contribution in [0.5, 0.6) is 0 Å². The van der Waals surface area contributed by atoms with Crippen molar-refractivity contribution in [2.75, 3.05) is 0 Å². The maximum Gasteiger partial charge on any atom is 0.512 e. The van der Waals surface area contributed by atoms with E-state index in [1.54, 1.807) is 0 Å². The van der Waals surface area contributed by atoms with Crippen LogP contribution < -0.4 is 0 Å². The van der Waals surface area contributed by atoms with Gasteiger partial charge < -0.3 is 38.2 Å². The van der Waals surface area contributed by atoms with Crippen LogP contribution in [0, 0.1) is 0 Å². The van der Waals surface area contributed by atoms with Crippen LogP contribution in [0.4, 0.5) is 4.79 Å². The molecule has 0 amide bonds. The van der Waals surface area contributed by atoms with Gasteiger partial charge in [0, 0.05) is 0 Å². The predicted octanol–water partition coefficient (Wildman–Crippen LogP) is 7.22. The fourth-order valence-corrected chi connectivity index (χ4v) is 3.74. The van der Waals surface area contributed by atoms with E-state index in [1.165, 1.54) is 41.5 Å². The average Bonchev–Trinajstić information content (AvgIpc) is 3.01. The molecule has 2 aromatic rings. The summed E-state index contributed by atoms with van der Waals surface area (Å²) < 4.78 is 31.2. The van der Waals surface area contributed by atoms with Gasteiger partial charge in [-0.15, -0.1) is 0 Å². The molecule has 0 heterocycles. The van der Waals surface area contributed by atoms with Crippen LogP contribution in [-0.2, 0) is 68.8 Å². The van der Waals surface area contributed by atoms with Crippen LogP contribution in [0.1, 0.15) is 80.4 Å². The predicted molar refractivity (Wildman–Crippen MR) is 171 cm³/mol. The van der Waals surface area contributed by atoms with E-state index in [0.29, 0.717) is 0 Å². The van der Waals surface area contributed by atoms with Gasteiger partial charge in [0.05, 0.1) is 11.1 Å². The summed E-state index contributed by atoms with van der Waals surface area (Å²) in [5.41, 5.74) is 0.418. The lowest BCUT2D eigenvalue weighted by atomic mass is 9.99. The summed E-state index contributed by atoms with van der Waals surface area (Å²) in [6.07, 6.45) is -3.45. The summed E-state index contributed by atoms with van der Waals surface area (Å²) in [4.78, 5) is 58.1. The average molecular weight is 675 g/mol. The van der Waals surface area contributed by atoms with Gasteiger partial charge in [-0.25, -0.2) is 14.4 Å². The van der Waals surface area contributed by atoms with Crippen LogP contribution in [0.25, 0.3) is 0 Å². The lowest BCUT2D eigenvalue weighted by molar-refractivity contribution is -0.322. The van der Waals surface area contributed by atoms with E-state index in [0.717, 1.165) is 23.7 Å². The Hall–Kier alpha value is -4.43. The Bertz CT molecular complexity index is 1270. The summed E-state index contributed by atoms with van der Waals surface area (Å²) in [5, 5.41) is 0. The molecule has 0 aliphatic heterocycles. The minimum Gasteiger partial charge on any atom is -0.432 e. The summed E-state index contributed by atoms with van der Waals surface area (Å²) in [6, 6.07) is 18.8. The van der Waals surface area contributed by atoms with Crippen molar-refractivity contribution in [3.8, 4) is 0 Å². The summed E-state index contributed by atoms with van der Waals surface area (Å²) >= 11 is 0. The highest BCUT2D eigenvalue weighted by Gasteiger charge is 2.25. The molecule has 2 rings (SSSR count). The monoisotopic (exact) mass is 674 g/mol. The SMILES string of the molecule is C/C(=C\OOC(C)(C)c1ccccc1)C(=O)OC(C)OC(C)OC(=O)OC(C)OC(C)OC(=O)/C(C)=C/OOC(C)(C)c1ccccc1.